The molecule has 0 unspecified atom stereocenters. The van der Waals surface area contributed by atoms with Gasteiger partial charge in [0.05, 0.1) is 35.0 Å². The molecule has 0 fully saturated rings. The summed E-state index contributed by atoms with van der Waals surface area (Å²) >= 11 is 0. The standard InChI is InChI=1S/4C5H5NO.2Ag.2NO3.2H2O/c4*7-5-2-1-3-6-4-5;;;2*2-1(3)4;;/h4*1-4,7H;;;;;2*1H2/q;;;;2*+1;2*-1;;. The van der Waals surface area contributed by atoms with Crippen LogP contribution in [0.3, 0.4) is 0 Å². The molecule has 0 saturated carbocycles. The van der Waals surface area contributed by atoms with E-state index < -0.39 is 10.2 Å². The van der Waals surface area contributed by atoms with Gasteiger partial charge in [-0.15, -0.1) is 0 Å². The summed E-state index contributed by atoms with van der Waals surface area (Å²) in [5.41, 5.74) is 0. The van der Waals surface area contributed by atoms with Crippen molar-refractivity contribution in [2.45, 2.75) is 0 Å². The van der Waals surface area contributed by atoms with Gasteiger partial charge in [-0.3, -0.25) is 19.9 Å². The average molecular weight is 756 g/mol. The maximum absolute atomic E-state index is 8.57. The number of hydrogen-bond donors (Lipinski definition) is 4. The van der Waals surface area contributed by atoms with E-state index >= 15 is 0 Å². The molecule has 4 heterocycles. The fourth-order valence-electron chi connectivity index (χ4n) is 1.41. The summed E-state index contributed by atoms with van der Waals surface area (Å²) in [5.74, 6) is 0.843. The Morgan fingerprint density at radius 2 is 0.625 bits per heavy atom. The number of rotatable bonds is 0. The second-order valence-electron chi connectivity index (χ2n) is 5.29. The minimum Gasteiger partial charge on any atom is -0.506 e. The van der Waals surface area contributed by atoms with Crippen molar-refractivity contribution in [2.24, 2.45) is 0 Å². The predicted molar refractivity (Wildman–Crippen MR) is 132 cm³/mol. The van der Waals surface area contributed by atoms with Crippen LogP contribution in [0.25, 0.3) is 0 Å². The largest absolute Gasteiger partial charge is 1.00 e. The van der Waals surface area contributed by atoms with Crippen LogP contribution in [-0.2, 0) is 44.8 Å². The van der Waals surface area contributed by atoms with Crippen molar-refractivity contribution in [1.29, 1.82) is 0 Å². The summed E-state index contributed by atoms with van der Waals surface area (Å²) < 4.78 is 0. The van der Waals surface area contributed by atoms with E-state index in [0.29, 0.717) is 0 Å². The molecule has 0 saturated heterocycles. The molecular weight excluding hydrogens is 732 g/mol. The first-order valence-electron chi connectivity index (χ1n) is 9.03. The van der Waals surface area contributed by atoms with Crippen LogP contribution in [0.5, 0.6) is 23.0 Å². The van der Waals surface area contributed by atoms with Gasteiger partial charge in [-0.1, -0.05) is 0 Å². The van der Waals surface area contributed by atoms with E-state index in [1.807, 2.05) is 0 Å². The van der Waals surface area contributed by atoms with E-state index in [4.69, 9.17) is 51.1 Å². The summed E-state index contributed by atoms with van der Waals surface area (Å²) in [7, 11) is 0. The number of aromatic hydroxyl groups is 4. The fraction of sp³-hybridized carbons (Fsp3) is 0. The first-order valence-corrected chi connectivity index (χ1v) is 9.03. The number of hydrogen-bond acceptors (Lipinski definition) is 14. The topological polar surface area (TPSA) is 328 Å². The maximum Gasteiger partial charge on any atom is 1.00 e. The molecule has 20 heteroatoms. The molecular formula is C20H24Ag2N6O12. The second kappa shape index (κ2) is 34.6. The molecule has 0 amide bonds. The molecule has 0 aliphatic heterocycles. The molecule has 4 aromatic heterocycles. The first-order chi connectivity index (χ1) is 17.0. The van der Waals surface area contributed by atoms with Crippen LogP contribution in [0.1, 0.15) is 0 Å². The van der Waals surface area contributed by atoms with Crippen molar-refractivity contribution in [3.63, 3.8) is 0 Å². The molecule has 4 rings (SSSR count). The van der Waals surface area contributed by atoms with E-state index in [0.717, 1.165) is 0 Å². The Kier molecular flexibility index (Phi) is 42.1. The van der Waals surface area contributed by atoms with E-state index in [2.05, 4.69) is 19.9 Å². The van der Waals surface area contributed by atoms with Crippen molar-refractivity contribution in [1.82, 2.24) is 19.9 Å². The third kappa shape index (κ3) is 46.9. The Morgan fingerprint density at radius 3 is 0.675 bits per heavy atom. The van der Waals surface area contributed by atoms with Crippen LogP contribution in [0, 0.1) is 30.6 Å². The zero-order chi connectivity index (χ0) is 27.6. The molecule has 228 valence electrons. The minimum atomic E-state index is -1.75. The number of pyridine rings is 4. The van der Waals surface area contributed by atoms with Crippen molar-refractivity contribution in [2.75, 3.05) is 0 Å². The molecule has 0 atom stereocenters. The molecule has 18 nitrogen and oxygen atoms in total. The molecule has 40 heavy (non-hydrogen) atoms. The number of nitrogens with zero attached hydrogens (tertiary/aromatic N) is 6. The van der Waals surface area contributed by atoms with Gasteiger partial charge < -0.3 is 62.0 Å². The van der Waals surface area contributed by atoms with Gasteiger partial charge in [0, 0.05) is 24.8 Å². The molecule has 0 aromatic carbocycles. The Balaban J connectivity index is -0.0000000863. The first kappa shape index (κ1) is 48.6. The Hall–Kier alpha value is -4.40. The smallest absolute Gasteiger partial charge is 0.506 e. The molecule has 0 bridgehead atoms. The van der Waals surface area contributed by atoms with Gasteiger partial charge in [-0.2, -0.15) is 0 Å². The van der Waals surface area contributed by atoms with Crippen molar-refractivity contribution < 1.29 is 86.3 Å². The molecule has 0 aliphatic rings. The van der Waals surface area contributed by atoms with Crippen LogP contribution in [0.2, 0.25) is 0 Å². The van der Waals surface area contributed by atoms with Crippen molar-refractivity contribution in [3.8, 4) is 23.0 Å². The van der Waals surface area contributed by atoms with Crippen LogP contribution >= 0.6 is 0 Å². The van der Waals surface area contributed by atoms with Crippen LogP contribution in [-0.4, -0.2) is 61.5 Å². The maximum atomic E-state index is 8.57. The van der Waals surface area contributed by atoms with Gasteiger partial charge >= 0.3 is 44.8 Å². The van der Waals surface area contributed by atoms with Gasteiger partial charge in [0.15, 0.2) is 0 Å². The third-order valence-electron chi connectivity index (χ3n) is 2.58. The zero-order valence-corrected chi connectivity index (χ0v) is 22.7. The van der Waals surface area contributed by atoms with Crippen molar-refractivity contribution >= 4 is 0 Å². The van der Waals surface area contributed by atoms with Crippen LogP contribution < -0.4 is 0 Å². The van der Waals surface area contributed by atoms with Gasteiger partial charge in [0.2, 0.25) is 0 Å². The normalized spacial score (nSPS) is 7.20. The average Bonchev–Trinajstić information content (AvgIpc) is 2.82. The van der Waals surface area contributed by atoms with Gasteiger partial charge in [0.25, 0.3) is 0 Å². The number of aromatic nitrogens is 4. The second-order valence-corrected chi connectivity index (χ2v) is 5.29. The summed E-state index contributed by atoms with van der Waals surface area (Å²) in [6.07, 6.45) is 12.0. The minimum absolute atomic E-state index is 0. The SMILES string of the molecule is O.O.O=[N+]([O-])[O-].O=[N+]([O-])[O-].Oc1cccnc1.Oc1cccnc1.Oc1cccnc1.Oc1cccnc1.[Ag+].[Ag+]. The molecule has 4 aromatic rings. The zero-order valence-electron chi connectivity index (χ0n) is 19.8. The summed E-state index contributed by atoms with van der Waals surface area (Å²) in [6, 6.07) is 13.0. The van der Waals surface area contributed by atoms with E-state index in [1.54, 1.807) is 73.3 Å². The van der Waals surface area contributed by atoms with Gasteiger partial charge in [-0.05, 0) is 48.5 Å². The Morgan fingerprint density at radius 1 is 0.475 bits per heavy atom. The van der Waals surface area contributed by atoms with Crippen LogP contribution in [0.4, 0.5) is 0 Å². The summed E-state index contributed by atoms with van der Waals surface area (Å²) in [5, 5.41) is 63.8. The quantitative estimate of drug-likeness (QED) is 0.111. The third-order valence-corrected chi connectivity index (χ3v) is 2.58. The Labute approximate surface area is 257 Å². The van der Waals surface area contributed by atoms with E-state index in [1.165, 1.54) is 24.8 Å². The molecule has 0 radical (unpaired) electrons. The fourth-order valence-corrected chi connectivity index (χ4v) is 1.41. The predicted octanol–water partition coefficient (Wildman–Crippen LogP) is 1.02. The molecule has 0 spiro atoms. The monoisotopic (exact) mass is 754 g/mol. The van der Waals surface area contributed by atoms with Crippen molar-refractivity contribution in [3.05, 3.63) is 129 Å². The van der Waals surface area contributed by atoms with Crippen LogP contribution in [0.15, 0.2) is 98.1 Å². The Bertz CT molecular complexity index is 895. The van der Waals surface area contributed by atoms with E-state index in [-0.39, 0.29) is 78.7 Å². The van der Waals surface area contributed by atoms with Gasteiger partial charge in [0.1, 0.15) is 23.0 Å². The van der Waals surface area contributed by atoms with Gasteiger partial charge in [-0.25, -0.2) is 0 Å². The summed E-state index contributed by atoms with van der Waals surface area (Å²) in [4.78, 5) is 31.0. The van der Waals surface area contributed by atoms with E-state index in [9.17, 15) is 0 Å². The molecule has 0 aliphatic carbocycles. The molecule has 8 N–H and O–H groups in total. The summed E-state index contributed by atoms with van der Waals surface area (Å²) in [6.45, 7) is 0.